The van der Waals surface area contributed by atoms with Crippen molar-refractivity contribution in [1.29, 1.82) is 0 Å². The lowest BCUT2D eigenvalue weighted by atomic mass is 10.0. The molecule has 1 unspecified atom stereocenters. The van der Waals surface area contributed by atoms with Gasteiger partial charge in [0, 0.05) is 11.9 Å². The average Bonchev–Trinajstić information content (AvgIpc) is 2.65. The van der Waals surface area contributed by atoms with Crippen molar-refractivity contribution in [2.75, 3.05) is 7.11 Å². The fourth-order valence-electron chi connectivity index (χ4n) is 2.98. The molecule has 1 aromatic carbocycles. The largest absolute Gasteiger partial charge is 0.467 e. The zero-order valence-electron chi connectivity index (χ0n) is 16.5. The van der Waals surface area contributed by atoms with Gasteiger partial charge in [-0.2, -0.15) is 0 Å². The van der Waals surface area contributed by atoms with Gasteiger partial charge in [-0.25, -0.2) is 4.79 Å². The summed E-state index contributed by atoms with van der Waals surface area (Å²) in [6, 6.07) is 7.73. The van der Waals surface area contributed by atoms with E-state index in [-0.39, 0.29) is 12.1 Å². The van der Waals surface area contributed by atoms with Gasteiger partial charge >= 0.3 is 11.9 Å². The summed E-state index contributed by atoms with van der Waals surface area (Å²) in [7, 11) is 1.27. The second kappa shape index (κ2) is 13.3. The predicted octanol–water partition coefficient (Wildman–Crippen LogP) is 6.28. The minimum absolute atomic E-state index is 0.0779. The van der Waals surface area contributed by atoms with E-state index < -0.39 is 10.3 Å². The monoisotopic (exact) mass is 450 g/mol. The summed E-state index contributed by atoms with van der Waals surface area (Å²) < 4.78 is 8.57. The fourth-order valence-corrected chi connectivity index (χ4v) is 3.52. The van der Waals surface area contributed by atoms with Gasteiger partial charge in [0.15, 0.2) is 0 Å². The van der Waals surface area contributed by atoms with Crippen molar-refractivity contribution in [3.63, 3.8) is 0 Å². The van der Waals surface area contributed by atoms with E-state index in [0.717, 1.165) is 51.4 Å². The maximum atomic E-state index is 11.4. The number of aryl methyl sites for hydroxylation is 1. The second-order valence-corrected chi connectivity index (χ2v) is 8.82. The summed E-state index contributed by atoms with van der Waals surface area (Å²) in [6.45, 7) is 1.45. The zero-order chi connectivity index (χ0) is 21.0. The molecule has 0 aliphatic rings. The third kappa shape index (κ3) is 10.5. The Bertz CT molecular complexity index is 602. The molecule has 0 spiro atoms. The Morgan fingerprint density at radius 2 is 1.61 bits per heavy atom. The lowest BCUT2D eigenvalue weighted by molar-refractivity contribution is -0.147. The van der Waals surface area contributed by atoms with Crippen LogP contribution in [0, 0.1) is 0 Å². The standard InChI is InChI=1S/C21H29Cl3O4/c1-16(25)28-19(14-11-17-9-12-18(22)13-10-17)8-6-4-3-5-7-15-21(23,24)20(26)27-2/h9-10,12-13,19H,3-8,11,14-15H2,1-2H3. The number of esters is 2. The Balaban J connectivity index is 2.25. The normalized spacial score (nSPS) is 12.5. The maximum Gasteiger partial charge on any atom is 0.342 e. The molecule has 0 aliphatic carbocycles. The van der Waals surface area contributed by atoms with Crippen LogP contribution in [-0.2, 0) is 25.5 Å². The molecule has 0 heterocycles. The van der Waals surface area contributed by atoms with E-state index in [1.807, 2.05) is 24.3 Å². The Morgan fingerprint density at radius 1 is 1.00 bits per heavy atom. The van der Waals surface area contributed by atoms with Crippen LogP contribution in [0.5, 0.6) is 0 Å². The van der Waals surface area contributed by atoms with Gasteiger partial charge in [0.05, 0.1) is 7.11 Å². The van der Waals surface area contributed by atoms with Gasteiger partial charge in [-0.15, -0.1) is 0 Å². The quantitative estimate of drug-likeness (QED) is 0.201. The summed E-state index contributed by atoms with van der Waals surface area (Å²) in [4.78, 5) is 22.8. The van der Waals surface area contributed by atoms with E-state index in [1.165, 1.54) is 19.6 Å². The van der Waals surface area contributed by atoms with Gasteiger partial charge in [0.1, 0.15) is 6.10 Å². The van der Waals surface area contributed by atoms with E-state index in [2.05, 4.69) is 4.74 Å². The van der Waals surface area contributed by atoms with Crippen LogP contribution in [0.15, 0.2) is 24.3 Å². The summed E-state index contributed by atoms with van der Waals surface area (Å²) in [5, 5.41) is 0.715. The van der Waals surface area contributed by atoms with Crippen molar-refractivity contribution in [2.24, 2.45) is 0 Å². The molecule has 0 aliphatic heterocycles. The first kappa shape index (κ1) is 25.1. The Hall–Kier alpha value is -0.970. The minimum atomic E-state index is -1.46. The molecule has 0 bridgehead atoms. The lowest BCUT2D eigenvalue weighted by Gasteiger charge is -2.17. The van der Waals surface area contributed by atoms with Crippen LogP contribution in [0.2, 0.25) is 5.02 Å². The highest BCUT2D eigenvalue weighted by Gasteiger charge is 2.33. The Labute approximate surface area is 182 Å². The van der Waals surface area contributed by atoms with E-state index in [0.29, 0.717) is 11.4 Å². The van der Waals surface area contributed by atoms with E-state index >= 15 is 0 Å². The Morgan fingerprint density at radius 3 is 2.21 bits per heavy atom. The first-order chi connectivity index (χ1) is 13.2. The number of hydrogen-bond donors (Lipinski definition) is 0. The number of hydrogen-bond acceptors (Lipinski definition) is 4. The highest BCUT2D eigenvalue weighted by molar-refractivity contribution is 6.57. The van der Waals surface area contributed by atoms with Gasteiger partial charge in [0.2, 0.25) is 4.33 Å². The fraction of sp³-hybridized carbons (Fsp3) is 0.619. The highest BCUT2D eigenvalue weighted by Crippen LogP contribution is 2.29. The van der Waals surface area contributed by atoms with Gasteiger partial charge in [0.25, 0.3) is 0 Å². The lowest BCUT2D eigenvalue weighted by Crippen LogP contribution is -2.27. The van der Waals surface area contributed by atoms with Crippen molar-refractivity contribution >= 4 is 46.7 Å². The second-order valence-electron chi connectivity index (χ2n) is 6.90. The Kier molecular flexibility index (Phi) is 11.9. The number of unbranched alkanes of at least 4 members (excludes halogenated alkanes) is 4. The molecular formula is C21H29Cl3O4. The van der Waals surface area contributed by atoms with Crippen LogP contribution in [-0.4, -0.2) is 29.5 Å². The number of carbonyl (C=O) groups excluding carboxylic acids is 2. The number of rotatable bonds is 13. The number of carbonyl (C=O) groups is 2. The number of alkyl halides is 2. The molecule has 0 aromatic heterocycles. The molecule has 0 amide bonds. The van der Waals surface area contributed by atoms with Crippen molar-refractivity contribution in [3.8, 4) is 0 Å². The molecule has 0 radical (unpaired) electrons. The van der Waals surface area contributed by atoms with Crippen LogP contribution in [0.25, 0.3) is 0 Å². The molecule has 7 heteroatoms. The molecule has 0 saturated heterocycles. The molecule has 28 heavy (non-hydrogen) atoms. The van der Waals surface area contributed by atoms with Gasteiger partial charge in [-0.1, -0.05) is 66.2 Å². The third-order valence-electron chi connectivity index (χ3n) is 4.50. The molecule has 0 N–H and O–H groups in total. The topological polar surface area (TPSA) is 52.6 Å². The molecule has 1 rings (SSSR count). The first-order valence-electron chi connectivity index (χ1n) is 9.62. The van der Waals surface area contributed by atoms with E-state index in [9.17, 15) is 9.59 Å². The van der Waals surface area contributed by atoms with E-state index in [4.69, 9.17) is 39.5 Å². The summed E-state index contributed by atoms with van der Waals surface area (Å²) in [6.07, 6.45) is 7.46. The number of ether oxygens (including phenoxy) is 2. The van der Waals surface area contributed by atoms with Gasteiger partial charge < -0.3 is 9.47 Å². The van der Waals surface area contributed by atoms with Crippen molar-refractivity contribution in [3.05, 3.63) is 34.9 Å². The molecule has 0 saturated carbocycles. The van der Waals surface area contributed by atoms with Crippen molar-refractivity contribution < 1.29 is 19.1 Å². The van der Waals surface area contributed by atoms with Crippen LogP contribution in [0.4, 0.5) is 0 Å². The minimum Gasteiger partial charge on any atom is -0.467 e. The van der Waals surface area contributed by atoms with Gasteiger partial charge in [-0.3, -0.25) is 4.79 Å². The van der Waals surface area contributed by atoms with Crippen LogP contribution < -0.4 is 0 Å². The summed E-state index contributed by atoms with van der Waals surface area (Å²) in [5.74, 6) is -0.856. The van der Waals surface area contributed by atoms with Crippen LogP contribution in [0.1, 0.15) is 63.9 Å². The first-order valence-corrected chi connectivity index (χ1v) is 10.8. The molecule has 0 fully saturated rings. The highest BCUT2D eigenvalue weighted by atomic mass is 35.5. The van der Waals surface area contributed by atoms with Crippen molar-refractivity contribution in [2.45, 2.75) is 75.1 Å². The summed E-state index contributed by atoms with van der Waals surface area (Å²) in [5.41, 5.74) is 1.18. The number of halogens is 3. The van der Waals surface area contributed by atoms with Gasteiger partial charge in [-0.05, 0) is 56.2 Å². The van der Waals surface area contributed by atoms with Crippen LogP contribution in [0.3, 0.4) is 0 Å². The molecule has 1 atom stereocenters. The van der Waals surface area contributed by atoms with Crippen molar-refractivity contribution in [1.82, 2.24) is 0 Å². The molecule has 158 valence electrons. The molecular weight excluding hydrogens is 423 g/mol. The molecule has 4 nitrogen and oxygen atoms in total. The number of benzene rings is 1. The summed E-state index contributed by atoms with van der Waals surface area (Å²) >= 11 is 17.8. The smallest absolute Gasteiger partial charge is 0.342 e. The zero-order valence-corrected chi connectivity index (χ0v) is 18.8. The maximum absolute atomic E-state index is 11.4. The van der Waals surface area contributed by atoms with Crippen LogP contribution >= 0.6 is 34.8 Å². The SMILES string of the molecule is COC(=O)C(Cl)(Cl)CCCCCCCC(CCc1ccc(Cl)cc1)OC(C)=O. The van der Waals surface area contributed by atoms with E-state index in [1.54, 1.807) is 0 Å². The predicted molar refractivity (Wildman–Crippen MR) is 114 cm³/mol. The third-order valence-corrected chi connectivity index (χ3v) is 5.44. The number of methoxy groups -OCH3 is 1. The molecule has 1 aromatic rings. The average molecular weight is 452 g/mol.